The van der Waals surface area contributed by atoms with E-state index in [0.29, 0.717) is 6.54 Å². The summed E-state index contributed by atoms with van der Waals surface area (Å²) in [7, 11) is -3.25. The van der Waals surface area contributed by atoms with E-state index in [2.05, 4.69) is 12.0 Å². The summed E-state index contributed by atoms with van der Waals surface area (Å²) in [6, 6.07) is 12.1. The summed E-state index contributed by atoms with van der Waals surface area (Å²) < 4.78 is 24.2. The molecule has 0 amide bonds. The number of hydrogen-bond donors (Lipinski definition) is 0. The zero-order chi connectivity index (χ0) is 12.7. The van der Waals surface area contributed by atoms with Crippen LogP contribution in [0.25, 0.3) is 0 Å². The fourth-order valence-corrected chi connectivity index (χ4v) is 1.93. The molecule has 0 bridgehead atoms. The zero-order valence-electron chi connectivity index (χ0n) is 10.2. The summed E-state index contributed by atoms with van der Waals surface area (Å²) >= 11 is 0. The lowest BCUT2D eigenvalue weighted by Crippen LogP contribution is -2.26. The number of hydrogen-bond acceptors (Lipinski definition) is 2. The molecule has 0 aromatic heterocycles. The Bertz CT molecular complexity index is 497. The molecule has 1 aromatic rings. The van der Waals surface area contributed by atoms with Crippen molar-refractivity contribution in [1.82, 2.24) is 4.31 Å². The van der Waals surface area contributed by atoms with Gasteiger partial charge < -0.3 is 0 Å². The Morgan fingerprint density at radius 1 is 1.24 bits per heavy atom. The largest absolute Gasteiger partial charge is 0.238 e. The van der Waals surface area contributed by atoms with Gasteiger partial charge in [0.15, 0.2) is 0 Å². The summed E-state index contributed by atoms with van der Waals surface area (Å²) in [5, 5.41) is 0. The number of nitrogens with zero attached hydrogens (tertiary/aromatic N) is 1. The van der Waals surface area contributed by atoms with Gasteiger partial charge in [-0.25, -0.2) is 12.7 Å². The molecule has 3 nitrogen and oxygen atoms in total. The standard InChI is InChI=1S/C13H17NO2S/c1-3-4-11-14(17(2,15)16)12-10-13-8-6-5-7-9-13/h5-9H,3-4,11H2,1-2H3. The molecule has 1 rings (SSSR count). The molecule has 0 saturated heterocycles. The molecule has 0 aliphatic carbocycles. The third-order valence-electron chi connectivity index (χ3n) is 2.21. The van der Waals surface area contributed by atoms with Gasteiger partial charge in [-0.3, -0.25) is 0 Å². The van der Waals surface area contributed by atoms with Crippen molar-refractivity contribution in [2.45, 2.75) is 19.8 Å². The van der Waals surface area contributed by atoms with E-state index in [9.17, 15) is 8.42 Å². The predicted octanol–water partition coefficient (Wildman–Crippen LogP) is 2.06. The monoisotopic (exact) mass is 251 g/mol. The van der Waals surface area contributed by atoms with Gasteiger partial charge in [0.1, 0.15) is 0 Å². The quantitative estimate of drug-likeness (QED) is 0.607. The summed E-state index contributed by atoms with van der Waals surface area (Å²) in [6.45, 7) is 2.47. The molecule has 0 unspecified atom stereocenters. The van der Waals surface area contributed by atoms with Crippen molar-refractivity contribution >= 4 is 10.0 Å². The minimum Gasteiger partial charge on any atom is -0.228 e. The lowest BCUT2D eigenvalue weighted by molar-refractivity contribution is 0.505. The molecule has 0 radical (unpaired) electrons. The van der Waals surface area contributed by atoms with Crippen LogP contribution in [0.3, 0.4) is 0 Å². The summed E-state index contributed by atoms with van der Waals surface area (Å²) in [6.07, 6.45) is 2.94. The summed E-state index contributed by atoms with van der Waals surface area (Å²) in [5.41, 5.74) is 0.817. The van der Waals surface area contributed by atoms with Crippen LogP contribution < -0.4 is 0 Å². The third kappa shape index (κ3) is 4.92. The van der Waals surface area contributed by atoms with Crippen LogP contribution in [0.15, 0.2) is 30.3 Å². The molecule has 0 N–H and O–H groups in total. The highest BCUT2D eigenvalue weighted by atomic mass is 32.2. The van der Waals surface area contributed by atoms with Gasteiger partial charge in [-0.2, -0.15) is 0 Å². The van der Waals surface area contributed by atoms with E-state index in [1.807, 2.05) is 37.3 Å². The van der Waals surface area contributed by atoms with Crippen LogP contribution in [0.2, 0.25) is 0 Å². The van der Waals surface area contributed by atoms with Crippen molar-refractivity contribution in [3.8, 4) is 12.0 Å². The fraction of sp³-hybridized carbons (Fsp3) is 0.385. The first-order valence-corrected chi connectivity index (χ1v) is 7.43. The van der Waals surface area contributed by atoms with Crippen LogP contribution >= 0.6 is 0 Å². The summed E-state index contributed by atoms with van der Waals surface area (Å²) in [5.74, 6) is 2.86. The molecule has 92 valence electrons. The van der Waals surface area contributed by atoms with Crippen LogP contribution in [-0.2, 0) is 10.0 Å². The second-order valence-electron chi connectivity index (χ2n) is 3.79. The van der Waals surface area contributed by atoms with Crippen molar-refractivity contribution in [2.24, 2.45) is 0 Å². The Morgan fingerprint density at radius 2 is 1.88 bits per heavy atom. The molecule has 0 fully saturated rings. The highest BCUT2D eigenvalue weighted by Crippen LogP contribution is 2.01. The second-order valence-corrected chi connectivity index (χ2v) is 5.70. The van der Waals surface area contributed by atoms with E-state index in [-0.39, 0.29) is 0 Å². The van der Waals surface area contributed by atoms with E-state index in [1.165, 1.54) is 10.6 Å². The van der Waals surface area contributed by atoms with Crippen LogP contribution in [-0.4, -0.2) is 25.5 Å². The molecule has 0 atom stereocenters. The molecule has 17 heavy (non-hydrogen) atoms. The van der Waals surface area contributed by atoms with Crippen LogP contribution in [0.1, 0.15) is 25.3 Å². The van der Waals surface area contributed by atoms with Gasteiger partial charge in [0.05, 0.1) is 6.26 Å². The SMILES string of the molecule is CCCCN(C#Cc1ccccc1)S(C)(=O)=O. The number of sulfonamides is 1. The van der Waals surface area contributed by atoms with Crippen molar-refractivity contribution < 1.29 is 8.42 Å². The number of benzene rings is 1. The minimum atomic E-state index is -3.25. The minimum absolute atomic E-state index is 0.454. The highest BCUT2D eigenvalue weighted by molar-refractivity contribution is 7.88. The van der Waals surface area contributed by atoms with Gasteiger partial charge in [-0.15, -0.1) is 0 Å². The molecule has 4 heteroatoms. The first-order valence-electron chi connectivity index (χ1n) is 5.58. The van der Waals surface area contributed by atoms with Crippen LogP contribution in [0, 0.1) is 12.0 Å². The van der Waals surface area contributed by atoms with E-state index < -0.39 is 10.0 Å². The van der Waals surface area contributed by atoms with Gasteiger partial charge in [0.2, 0.25) is 10.0 Å². The molecule has 0 saturated carbocycles. The normalized spacial score (nSPS) is 10.5. The molecular weight excluding hydrogens is 234 g/mol. The van der Waals surface area contributed by atoms with Crippen molar-refractivity contribution in [2.75, 3.05) is 12.8 Å². The molecule has 0 aliphatic rings. The van der Waals surface area contributed by atoms with Gasteiger partial charge in [0.25, 0.3) is 0 Å². The predicted molar refractivity (Wildman–Crippen MR) is 69.8 cm³/mol. The topological polar surface area (TPSA) is 37.4 Å². The van der Waals surface area contributed by atoms with Gasteiger partial charge >= 0.3 is 0 Å². The second kappa shape index (κ2) is 6.31. The average Bonchev–Trinajstić information content (AvgIpc) is 2.29. The molecule has 0 aliphatic heterocycles. The van der Waals surface area contributed by atoms with E-state index in [4.69, 9.17) is 0 Å². The zero-order valence-corrected chi connectivity index (χ0v) is 11.0. The Balaban J connectivity index is 2.84. The van der Waals surface area contributed by atoms with Crippen LogP contribution in [0.5, 0.6) is 0 Å². The Labute approximate surface area is 104 Å². The van der Waals surface area contributed by atoms with Crippen LogP contribution in [0.4, 0.5) is 0 Å². The maximum absolute atomic E-state index is 11.5. The Hall–Kier alpha value is -1.47. The Kier molecular flexibility index (Phi) is 5.05. The van der Waals surface area contributed by atoms with Gasteiger partial charge in [0, 0.05) is 18.2 Å². The van der Waals surface area contributed by atoms with Crippen molar-refractivity contribution in [1.29, 1.82) is 0 Å². The summed E-state index contributed by atoms with van der Waals surface area (Å²) in [4.78, 5) is 0. The highest BCUT2D eigenvalue weighted by Gasteiger charge is 2.10. The molecule has 0 spiro atoms. The fourth-order valence-electron chi connectivity index (χ4n) is 1.25. The third-order valence-corrected chi connectivity index (χ3v) is 3.29. The molecular formula is C13H17NO2S. The maximum atomic E-state index is 11.5. The lowest BCUT2D eigenvalue weighted by atomic mass is 10.2. The Morgan fingerprint density at radius 3 is 2.41 bits per heavy atom. The van der Waals surface area contributed by atoms with E-state index in [1.54, 1.807) is 0 Å². The van der Waals surface area contributed by atoms with Crippen molar-refractivity contribution in [3.63, 3.8) is 0 Å². The maximum Gasteiger partial charge on any atom is 0.238 e. The number of rotatable bonds is 4. The lowest BCUT2D eigenvalue weighted by Gasteiger charge is -2.13. The molecule has 0 heterocycles. The van der Waals surface area contributed by atoms with Gasteiger partial charge in [-0.05, 0) is 24.5 Å². The number of unbranched alkanes of at least 4 members (excludes halogenated alkanes) is 1. The smallest absolute Gasteiger partial charge is 0.228 e. The van der Waals surface area contributed by atoms with E-state index >= 15 is 0 Å². The van der Waals surface area contributed by atoms with E-state index in [0.717, 1.165) is 18.4 Å². The van der Waals surface area contributed by atoms with Gasteiger partial charge in [-0.1, -0.05) is 31.5 Å². The van der Waals surface area contributed by atoms with Crippen molar-refractivity contribution in [3.05, 3.63) is 35.9 Å². The first-order chi connectivity index (χ1) is 8.04. The average molecular weight is 251 g/mol. The first kappa shape index (κ1) is 13.6. The molecule has 1 aromatic carbocycles.